The quantitative estimate of drug-likeness (QED) is 0.151. The highest BCUT2D eigenvalue weighted by atomic mass is 19.2. The summed E-state index contributed by atoms with van der Waals surface area (Å²) >= 11 is 0. The Kier molecular flexibility index (Phi) is 7.56. The van der Waals surface area contributed by atoms with Crippen LogP contribution in [0.3, 0.4) is 0 Å². The van der Waals surface area contributed by atoms with Gasteiger partial charge < -0.3 is 0 Å². The van der Waals surface area contributed by atoms with Crippen LogP contribution in [0, 0.1) is 46.8 Å². The fourth-order valence-electron chi connectivity index (χ4n) is 4.96. The van der Waals surface area contributed by atoms with E-state index in [1.54, 1.807) is 12.1 Å². The van der Waals surface area contributed by atoms with Crippen molar-refractivity contribution in [2.45, 2.75) is 64.2 Å². The van der Waals surface area contributed by atoms with Crippen LogP contribution in [0.2, 0.25) is 0 Å². The van der Waals surface area contributed by atoms with E-state index in [9.17, 15) is 22.0 Å². The second-order valence-electron chi connectivity index (χ2n) is 9.24. The summed E-state index contributed by atoms with van der Waals surface area (Å²) in [4.78, 5) is 0. The van der Waals surface area contributed by atoms with Crippen molar-refractivity contribution < 1.29 is 22.0 Å². The van der Waals surface area contributed by atoms with Crippen molar-refractivity contribution in [1.29, 1.82) is 0 Å². The van der Waals surface area contributed by atoms with Crippen LogP contribution < -0.4 is 0 Å². The van der Waals surface area contributed by atoms with Gasteiger partial charge in [-0.15, -0.1) is 0 Å². The van der Waals surface area contributed by atoms with Crippen LogP contribution in [0.5, 0.6) is 0 Å². The molecule has 0 N–H and O–H groups in total. The van der Waals surface area contributed by atoms with E-state index in [1.807, 2.05) is 0 Å². The molecule has 4 rings (SSSR count). The van der Waals surface area contributed by atoms with E-state index >= 15 is 0 Å². The molecule has 3 aromatic rings. The molecule has 178 valence electrons. The molecular formula is C29H27F5. The van der Waals surface area contributed by atoms with E-state index in [-0.39, 0.29) is 17.0 Å². The Morgan fingerprint density at radius 3 is 2.15 bits per heavy atom. The number of benzene rings is 3. The zero-order valence-corrected chi connectivity index (χ0v) is 19.2. The summed E-state index contributed by atoms with van der Waals surface area (Å²) in [5.41, 5.74) is -0.139. The monoisotopic (exact) mass is 470 g/mol. The van der Waals surface area contributed by atoms with Crippen molar-refractivity contribution in [1.82, 2.24) is 0 Å². The molecule has 5 heteroatoms. The molecule has 0 aromatic heterocycles. The zero-order chi connectivity index (χ0) is 24.2. The van der Waals surface area contributed by atoms with Crippen LogP contribution >= 0.6 is 0 Å². The van der Waals surface area contributed by atoms with E-state index < -0.39 is 29.1 Å². The highest BCUT2D eigenvalue weighted by Crippen LogP contribution is 2.40. The molecule has 3 aromatic carbocycles. The predicted octanol–water partition coefficient (Wildman–Crippen LogP) is 8.79. The smallest absolute Gasteiger partial charge is 0.174 e. The number of unbranched alkanes of at least 4 members (excludes halogenated alkanes) is 2. The first-order valence-electron chi connectivity index (χ1n) is 12.0. The van der Waals surface area contributed by atoms with Gasteiger partial charge in [0.05, 0.1) is 5.56 Å². The fraction of sp³-hybridized carbons (Fsp3) is 0.379. The molecule has 34 heavy (non-hydrogen) atoms. The number of rotatable bonds is 5. The molecule has 0 unspecified atom stereocenters. The first-order valence-corrected chi connectivity index (χ1v) is 12.0. The summed E-state index contributed by atoms with van der Waals surface area (Å²) in [6.45, 7) is 2.16. The Balaban J connectivity index is 1.53. The van der Waals surface area contributed by atoms with Crippen molar-refractivity contribution in [2.75, 3.05) is 0 Å². The van der Waals surface area contributed by atoms with Gasteiger partial charge in [-0.2, -0.15) is 0 Å². The molecular weight excluding hydrogens is 443 g/mol. The van der Waals surface area contributed by atoms with E-state index in [4.69, 9.17) is 0 Å². The third-order valence-corrected chi connectivity index (χ3v) is 6.89. The number of hydrogen-bond acceptors (Lipinski definition) is 0. The molecule has 0 saturated heterocycles. The van der Waals surface area contributed by atoms with Gasteiger partial charge in [0.25, 0.3) is 0 Å². The minimum absolute atomic E-state index is 0.168. The molecule has 0 atom stereocenters. The second kappa shape index (κ2) is 10.6. The maximum Gasteiger partial charge on any atom is 0.174 e. The van der Waals surface area contributed by atoms with Crippen LogP contribution in [0.4, 0.5) is 22.0 Å². The molecule has 0 nitrogen and oxygen atoms in total. The summed E-state index contributed by atoms with van der Waals surface area (Å²) in [6.07, 6.45) is 7.81. The fourth-order valence-corrected chi connectivity index (χ4v) is 4.96. The molecule has 0 bridgehead atoms. The first-order chi connectivity index (χ1) is 16.4. The van der Waals surface area contributed by atoms with Gasteiger partial charge in [-0.25, -0.2) is 22.0 Å². The van der Waals surface area contributed by atoms with Gasteiger partial charge >= 0.3 is 0 Å². The molecule has 1 saturated carbocycles. The topological polar surface area (TPSA) is 0 Å². The summed E-state index contributed by atoms with van der Waals surface area (Å²) in [6, 6.07) is 7.71. The standard InChI is InChI=1S/C29H27F5/c1-2-3-4-5-18-6-10-20(11-7-18)27-26(32)16-22(28(33)29(27)34)13-9-19-8-12-21-15-24(30)25(31)17-23(21)14-19/h8,12,14-18,20H,2-7,10-11H2,1H3. The Hall–Kier alpha value is -2.87. The van der Waals surface area contributed by atoms with Gasteiger partial charge in [-0.05, 0) is 78.6 Å². The summed E-state index contributed by atoms with van der Waals surface area (Å²) < 4.78 is 71.5. The van der Waals surface area contributed by atoms with Crippen LogP contribution in [0.25, 0.3) is 10.8 Å². The largest absolute Gasteiger partial charge is 0.207 e. The Bertz CT molecular complexity index is 1240. The third-order valence-electron chi connectivity index (χ3n) is 6.89. The Labute approximate surface area is 197 Å². The first kappa shape index (κ1) is 24.3. The van der Waals surface area contributed by atoms with Gasteiger partial charge in [-0.3, -0.25) is 0 Å². The molecule has 0 radical (unpaired) electrons. The van der Waals surface area contributed by atoms with E-state index in [0.717, 1.165) is 37.5 Å². The summed E-state index contributed by atoms with van der Waals surface area (Å²) in [5, 5.41) is 0.904. The zero-order valence-electron chi connectivity index (χ0n) is 19.2. The Morgan fingerprint density at radius 2 is 1.44 bits per heavy atom. The van der Waals surface area contributed by atoms with Crippen LogP contribution in [0.1, 0.15) is 80.9 Å². The molecule has 1 fully saturated rings. The minimum atomic E-state index is -1.16. The highest BCUT2D eigenvalue weighted by Gasteiger charge is 2.29. The van der Waals surface area contributed by atoms with Gasteiger partial charge in [0.2, 0.25) is 0 Å². The van der Waals surface area contributed by atoms with E-state index in [2.05, 4.69) is 18.8 Å². The minimum Gasteiger partial charge on any atom is -0.207 e. The van der Waals surface area contributed by atoms with Crippen molar-refractivity contribution >= 4 is 10.8 Å². The number of hydrogen-bond donors (Lipinski definition) is 0. The van der Waals surface area contributed by atoms with Gasteiger partial charge in [-0.1, -0.05) is 50.5 Å². The van der Waals surface area contributed by atoms with E-state index in [1.165, 1.54) is 25.3 Å². The maximum absolute atomic E-state index is 14.9. The molecule has 1 aliphatic rings. The average molecular weight is 471 g/mol. The van der Waals surface area contributed by atoms with E-state index in [0.29, 0.717) is 35.1 Å². The van der Waals surface area contributed by atoms with Crippen LogP contribution in [-0.4, -0.2) is 0 Å². The highest BCUT2D eigenvalue weighted by molar-refractivity contribution is 5.84. The lowest BCUT2D eigenvalue weighted by Gasteiger charge is -2.29. The van der Waals surface area contributed by atoms with Gasteiger partial charge in [0.1, 0.15) is 5.82 Å². The molecule has 1 aliphatic carbocycles. The molecule has 0 aliphatic heterocycles. The van der Waals surface area contributed by atoms with Gasteiger partial charge in [0.15, 0.2) is 23.3 Å². The number of halogens is 5. The third kappa shape index (κ3) is 5.27. The molecule has 0 spiro atoms. The predicted molar refractivity (Wildman–Crippen MR) is 125 cm³/mol. The lowest BCUT2D eigenvalue weighted by molar-refractivity contribution is 0.293. The van der Waals surface area contributed by atoms with Crippen molar-refractivity contribution in [3.8, 4) is 11.8 Å². The van der Waals surface area contributed by atoms with Crippen molar-refractivity contribution in [3.63, 3.8) is 0 Å². The summed E-state index contributed by atoms with van der Waals surface area (Å²) in [5.74, 6) is 0.403. The summed E-state index contributed by atoms with van der Waals surface area (Å²) in [7, 11) is 0. The second-order valence-corrected chi connectivity index (χ2v) is 9.24. The maximum atomic E-state index is 14.9. The van der Waals surface area contributed by atoms with Crippen molar-refractivity contribution in [2.24, 2.45) is 5.92 Å². The van der Waals surface area contributed by atoms with Crippen LogP contribution in [-0.2, 0) is 0 Å². The lowest BCUT2D eigenvalue weighted by atomic mass is 9.76. The molecule has 0 amide bonds. The van der Waals surface area contributed by atoms with Gasteiger partial charge in [0, 0.05) is 11.1 Å². The molecule has 0 heterocycles. The average Bonchev–Trinajstić information content (AvgIpc) is 2.82. The lowest BCUT2D eigenvalue weighted by Crippen LogP contribution is -2.16. The van der Waals surface area contributed by atoms with Crippen molar-refractivity contribution in [3.05, 3.63) is 82.2 Å². The Morgan fingerprint density at radius 1 is 0.735 bits per heavy atom. The SMILES string of the molecule is CCCCCC1CCC(c2c(F)cc(C#Cc3ccc4cc(F)c(F)cc4c3)c(F)c2F)CC1. The van der Waals surface area contributed by atoms with Crippen LogP contribution in [0.15, 0.2) is 36.4 Å². The number of fused-ring (bicyclic) bond motifs is 1. The normalized spacial score (nSPS) is 18.1.